The number of allylic oxidation sites excluding steroid dienone is 3. The van der Waals surface area contributed by atoms with Gasteiger partial charge in [-0.2, -0.15) is 0 Å². The van der Waals surface area contributed by atoms with E-state index in [0.29, 0.717) is 28.6 Å². The highest BCUT2D eigenvalue weighted by molar-refractivity contribution is 6.20. The molecule has 320 valence electrons. The number of fused-ring (bicyclic) bond motifs is 6. The van der Waals surface area contributed by atoms with Gasteiger partial charge in [0.15, 0.2) is 17.5 Å². The average Bonchev–Trinajstić information content (AvgIpc) is 3.95. The third kappa shape index (κ3) is 7.27. The fraction of sp³-hybridized carbons (Fsp3) is 0. The maximum Gasteiger partial charge on any atom is 0.164 e. The molecule has 0 amide bonds. The van der Waals surface area contributed by atoms with Crippen LogP contribution in [0.2, 0.25) is 0 Å². The Morgan fingerprint density at radius 1 is 0.441 bits per heavy atom. The first kappa shape index (κ1) is 40.3. The van der Waals surface area contributed by atoms with E-state index in [4.69, 9.17) is 19.4 Å². The Bertz CT molecular complexity index is 3780. The van der Waals surface area contributed by atoms with Crippen LogP contribution in [0.3, 0.4) is 0 Å². The summed E-state index contributed by atoms with van der Waals surface area (Å²) in [5.41, 5.74) is 13.9. The van der Waals surface area contributed by atoms with Crippen molar-refractivity contribution >= 4 is 67.2 Å². The van der Waals surface area contributed by atoms with E-state index in [1.54, 1.807) is 0 Å². The molecule has 0 radical (unpaired) electrons. The quantitative estimate of drug-likeness (QED) is 0.110. The second-order valence-corrected chi connectivity index (χ2v) is 16.7. The molecule has 12 rings (SSSR count). The van der Waals surface area contributed by atoms with E-state index >= 15 is 0 Å². The van der Waals surface area contributed by atoms with E-state index in [-0.39, 0.29) is 0 Å². The summed E-state index contributed by atoms with van der Waals surface area (Å²) in [5.74, 6) is 1.55. The summed E-state index contributed by atoms with van der Waals surface area (Å²) in [6, 6.07) is 76.9. The summed E-state index contributed by atoms with van der Waals surface area (Å²) >= 11 is 0. The van der Waals surface area contributed by atoms with E-state index in [1.165, 1.54) is 6.21 Å². The van der Waals surface area contributed by atoms with Gasteiger partial charge in [-0.15, -0.1) is 0 Å². The highest BCUT2D eigenvalue weighted by Crippen LogP contribution is 2.42. The summed E-state index contributed by atoms with van der Waals surface area (Å²) in [6.07, 6.45) is 5.66. The number of aromatic nitrogens is 4. The Kier molecular flexibility index (Phi) is 10.2. The Hall–Kier alpha value is -9.26. The lowest BCUT2D eigenvalue weighted by Gasteiger charge is -2.17. The average molecular weight is 872 g/mol. The fourth-order valence-electron chi connectivity index (χ4n) is 9.50. The normalized spacial score (nSPS) is 12.1. The van der Waals surface area contributed by atoms with Crippen molar-refractivity contribution in [2.75, 3.05) is 0 Å². The molecule has 68 heavy (non-hydrogen) atoms. The molecule has 0 saturated carbocycles. The lowest BCUT2D eigenvalue weighted by Crippen LogP contribution is -2.03. The van der Waals surface area contributed by atoms with E-state index in [1.807, 2.05) is 84.9 Å². The molecule has 0 saturated heterocycles. The van der Waals surface area contributed by atoms with Gasteiger partial charge in [-0.3, -0.25) is 0 Å². The molecule has 1 N–H and O–H groups in total. The zero-order valence-electron chi connectivity index (χ0n) is 36.8. The number of hydrogen-bond donors (Lipinski definition) is 1. The molecule has 6 nitrogen and oxygen atoms in total. The van der Waals surface area contributed by atoms with Crippen LogP contribution in [0, 0.1) is 5.41 Å². The Balaban J connectivity index is 1.16. The van der Waals surface area contributed by atoms with Crippen LogP contribution >= 0.6 is 0 Å². The summed E-state index contributed by atoms with van der Waals surface area (Å²) in [4.78, 5) is 15.6. The van der Waals surface area contributed by atoms with Gasteiger partial charge in [-0.05, 0) is 81.9 Å². The van der Waals surface area contributed by atoms with Gasteiger partial charge in [0.1, 0.15) is 11.2 Å². The molecule has 0 aliphatic heterocycles. The molecule has 0 spiro atoms. The van der Waals surface area contributed by atoms with Gasteiger partial charge < -0.3 is 14.4 Å². The summed E-state index contributed by atoms with van der Waals surface area (Å²) in [5, 5.41) is 13.5. The molecule has 12 aromatic rings. The van der Waals surface area contributed by atoms with Crippen molar-refractivity contribution in [3.63, 3.8) is 0 Å². The number of nitrogens with one attached hydrogen (secondary N) is 1. The molecule has 0 unspecified atom stereocenters. The molecule has 3 heterocycles. The molecule has 0 fully saturated rings. The van der Waals surface area contributed by atoms with Crippen LogP contribution in [-0.2, 0) is 0 Å². The largest absolute Gasteiger partial charge is 0.456 e. The Morgan fingerprint density at radius 3 is 1.59 bits per heavy atom. The van der Waals surface area contributed by atoms with Crippen molar-refractivity contribution in [3.05, 3.63) is 247 Å². The van der Waals surface area contributed by atoms with Gasteiger partial charge in [0, 0.05) is 55.7 Å². The number of para-hydroxylation sites is 2. The van der Waals surface area contributed by atoms with Gasteiger partial charge >= 0.3 is 0 Å². The van der Waals surface area contributed by atoms with Crippen LogP contribution in [0.4, 0.5) is 0 Å². The smallest absolute Gasteiger partial charge is 0.164 e. The van der Waals surface area contributed by atoms with Crippen LogP contribution in [0.1, 0.15) is 17.0 Å². The minimum Gasteiger partial charge on any atom is -0.456 e. The van der Waals surface area contributed by atoms with Crippen molar-refractivity contribution in [2.24, 2.45) is 0 Å². The number of furan rings is 1. The van der Waals surface area contributed by atoms with E-state index in [0.717, 1.165) is 93.9 Å². The summed E-state index contributed by atoms with van der Waals surface area (Å²) in [7, 11) is 0. The summed E-state index contributed by atoms with van der Waals surface area (Å²) in [6.45, 7) is 0. The number of hydrogen-bond acceptors (Lipinski definition) is 5. The van der Waals surface area contributed by atoms with Gasteiger partial charge in [-0.25, -0.2) is 15.0 Å². The maximum absolute atomic E-state index is 9.24. The van der Waals surface area contributed by atoms with Crippen LogP contribution in [0.25, 0.3) is 112 Å². The van der Waals surface area contributed by atoms with Gasteiger partial charge in [-0.1, -0.05) is 188 Å². The zero-order chi connectivity index (χ0) is 45.4. The molecule has 0 aliphatic carbocycles. The molecule has 0 bridgehead atoms. The topological polar surface area (TPSA) is 80.6 Å². The van der Waals surface area contributed by atoms with E-state index in [2.05, 4.69) is 156 Å². The van der Waals surface area contributed by atoms with Crippen LogP contribution in [0.5, 0.6) is 0 Å². The summed E-state index contributed by atoms with van der Waals surface area (Å²) < 4.78 is 9.11. The third-order valence-electron chi connectivity index (χ3n) is 12.6. The fourth-order valence-corrected chi connectivity index (χ4v) is 9.50. The second-order valence-electron chi connectivity index (χ2n) is 16.7. The first-order valence-electron chi connectivity index (χ1n) is 22.7. The standard InChI is InChI=1S/C62H41N5O/c63-40-47(58-49(41-20-6-1-7-21-41)32-19-33-50(58)42-22-8-2-9-23-42)37-46(62-65-60(43-24-10-3-11-25-43)64-61(66-62)44-26-12-4-13-27-44)36-45-28-18-35-56-59(45)53-38-55-52(39-57(53)68-56)51-31-16-17-34-54(51)67(55)48-29-14-5-15-30-48/h1-40,63H/b46-36-,47-37+,63-40?. The Labute approximate surface area is 393 Å². The molecular weight excluding hydrogens is 831 g/mol. The minimum absolute atomic E-state index is 0.465. The van der Waals surface area contributed by atoms with Crippen molar-refractivity contribution < 1.29 is 4.42 Å². The molecular formula is C62H41N5O. The SMILES string of the molecule is N=C/C(=C\C(=C\c1cccc2oc3cc4c5ccccc5n(-c5ccccc5)c4cc3c12)c1nc(-c2ccccc2)nc(-c2ccccc2)n1)c1c(-c2ccccc2)cccc1-c1ccccc1. The molecule has 9 aromatic carbocycles. The lowest BCUT2D eigenvalue weighted by molar-refractivity contribution is 0.669. The minimum atomic E-state index is 0.465. The van der Waals surface area contributed by atoms with Crippen molar-refractivity contribution in [2.45, 2.75) is 0 Å². The van der Waals surface area contributed by atoms with Crippen LogP contribution in [0.15, 0.2) is 235 Å². The second kappa shape index (κ2) is 17.3. The van der Waals surface area contributed by atoms with Crippen LogP contribution < -0.4 is 0 Å². The Morgan fingerprint density at radius 2 is 0.985 bits per heavy atom. The van der Waals surface area contributed by atoms with Gasteiger partial charge in [0.2, 0.25) is 0 Å². The third-order valence-corrected chi connectivity index (χ3v) is 12.6. The highest BCUT2D eigenvalue weighted by Gasteiger charge is 2.21. The monoisotopic (exact) mass is 871 g/mol. The van der Waals surface area contributed by atoms with Crippen LogP contribution in [-0.4, -0.2) is 25.7 Å². The molecule has 0 atom stereocenters. The van der Waals surface area contributed by atoms with Crippen molar-refractivity contribution in [1.29, 1.82) is 5.41 Å². The first-order valence-corrected chi connectivity index (χ1v) is 22.7. The lowest BCUT2D eigenvalue weighted by atomic mass is 9.87. The van der Waals surface area contributed by atoms with Crippen molar-refractivity contribution in [1.82, 2.24) is 19.5 Å². The van der Waals surface area contributed by atoms with E-state index < -0.39 is 0 Å². The van der Waals surface area contributed by atoms with Crippen molar-refractivity contribution in [3.8, 4) is 50.7 Å². The maximum atomic E-state index is 9.24. The molecule has 0 aliphatic rings. The van der Waals surface area contributed by atoms with Gasteiger partial charge in [0.25, 0.3) is 0 Å². The predicted octanol–water partition coefficient (Wildman–Crippen LogP) is 15.8. The first-order chi connectivity index (χ1) is 33.7. The predicted molar refractivity (Wildman–Crippen MR) is 281 cm³/mol. The number of nitrogens with zero attached hydrogens (tertiary/aromatic N) is 4. The number of benzene rings is 9. The molecule has 6 heteroatoms. The highest BCUT2D eigenvalue weighted by atomic mass is 16.3. The zero-order valence-corrected chi connectivity index (χ0v) is 36.8. The number of rotatable bonds is 10. The van der Waals surface area contributed by atoms with Gasteiger partial charge in [0.05, 0.1) is 11.0 Å². The van der Waals surface area contributed by atoms with E-state index in [9.17, 15) is 5.41 Å². The molecule has 3 aromatic heterocycles.